The molecule has 5 nitrogen and oxygen atoms in total. The first-order valence-electron chi connectivity index (χ1n) is 4.71. The summed E-state index contributed by atoms with van der Waals surface area (Å²) in [6.07, 6.45) is 0.00180. The van der Waals surface area contributed by atoms with Gasteiger partial charge in [-0.3, -0.25) is 8.98 Å². The Labute approximate surface area is 90.6 Å². The monoisotopic (exact) mass is 238 g/mol. The Hall–Kier alpha value is -0.620. The van der Waals surface area contributed by atoms with E-state index in [1.165, 1.54) is 6.92 Å². The molecule has 1 atom stereocenters. The second-order valence-corrected chi connectivity index (χ2v) is 6.34. The van der Waals surface area contributed by atoms with Crippen LogP contribution in [0.5, 0.6) is 0 Å². The standard InChI is InChI=1S/C9H18O5S/c1-5-7(8(10)11)15(12,13)14-6-9(2,3)4/h7H,5-6H2,1-4H3,(H,10,11). The van der Waals surface area contributed by atoms with Crippen LogP contribution in [0.25, 0.3) is 0 Å². The Morgan fingerprint density at radius 1 is 1.40 bits per heavy atom. The van der Waals surface area contributed by atoms with Gasteiger partial charge in [-0.05, 0) is 11.8 Å². The summed E-state index contributed by atoms with van der Waals surface area (Å²) in [6, 6.07) is 0. The van der Waals surface area contributed by atoms with Crippen LogP contribution in [-0.4, -0.2) is 31.4 Å². The predicted molar refractivity (Wildman–Crippen MR) is 56.0 cm³/mol. The normalized spacial score (nSPS) is 14.9. The van der Waals surface area contributed by atoms with E-state index in [9.17, 15) is 13.2 Å². The highest BCUT2D eigenvalue weighted by Gasteiger charge is 2.32. The molecule has 6 heteroatoms. The zero-order chi connectivity index (χ0) is 12.3. The van der Waals surface area contributed by atoms with Crippen molar-refractivity contribution in [2.45, 2.75) is 39.4 Å². The number of hydrogen-bond donors (Lipinski definition) is 1. The number of aliphatic carboxylic acids is 1. The molecule has 0 saturated heterocycles. The van der Waals surface area contributed by atoms with E-state index in [1.54, 1.807) is 0 Å². The highest BCUT2D eigenvalue weighted by atomic mass is 32.2. The van der Waals surface area contributed by atoms with Gasteiger partial charge in [0.15, 0.2) is 5.25 Å². The molecular weight excluding hydrogens is 220 g/mol. The van der Waals surface area contributed by atoms with Gasteiger partial charge >= 0.3 is 5.97 Å². The van der Waals surface area contributed by atoms with E-state index in [0.717, 1.165) is 0 Å². The maximum Gasteiger partial charge on any atom is 0.324 e. The molecular formula is C9H18O5S. The highest BCUT2D eigenvalue weighted by Crippen LogP contribution is 2.17. The van der Waals surface area contributed by atoms with E-state index < -0.39 is 21.3 Å². The molecule has 15 heavy (non-hydrogen) atoms. The molecule has 1 N–H and O–H groups in total. The van der Waals surface area contributed by atoms with E-state index in [1.807, 2.05) is 20.8 Å². The van der Waals surface area contributed by atoms with Gasteiger partial charge in [0.2, 0.25) is 0 Å². The summed E-state index contributed by atoms with van der Waals surface area (Å²) in [4.78, 5) is 10.6. The lowest BCUT2D eigenvalue weighted by atomic mass is 9.99. The van der Waals surface area contributed by atoms with E-state index in [4.69, 9.17) is 9.29 Å². The van der Waals surface area contributed by atoms with Gasteiger partial charge in [-0.15, -0.1) is 0 Å². The molecule has 0 radical (unpaired) electrons. The van der Waals surface area contributed by atoms with Crippen LogP contribution in [0, 0.1) is 5.41 Å². The Balaban J connectivity index is 4.62. The molecule has 1 unspecified atom stereocenters. The van der Waals surface area contributed by atoms with E-state index in [2.05, 4.69) is 0 Å². The fourth-order valence-electron chi connectivity index (χ4n) is 0.843. The van der Waals surface area contributed by atoms with Crippen LogP contribution >= 0.6 is 0 Å². The molecule has 0 saturated carbocycles. The van der Waals surface area contributed by atoms with Crippen LogP contribution in [0.2, 0.25) is 0 Å². The molecule has 0 aliphatic carbocycles. The summed E-state index contributed by atoms with van der Waals surface area (Å²) in [5.41, 5.74) is -0.316. The summed E-state index contributed by atoms with van der Waals surface area (Å²) in [5.74, 6) is -1.37. The summed E-state index contributed by atoms with van der Waals surface area (Å²) in [5, 5.41) is 7.21. The van der Waals surface area contributed by atoms with Crippen molar-refractivity contribution in [2.75, 3.05) is 6.61 Å². The number of carboxylic acid groups (broad SMARTS) is 1. The molecule has 0 aromatic heterocycles. The topological polar surface area (TPSA) is 80.7 Å². The smallest absolute Gasteiger partial charge is 0.324 e. The average Bonchev–Trinajstić information content (AvgIpc) is 1.99. The van der Waals surface area contributed by atoms with Crippen LogP contribution < -0.4 is 0 Å². The van der Waals surface area contributed by atoms with Gasteiger partial charge in [0, 0.05) is 0 Å². The van der Waals surface area contributed by atoms with Crippen molar-refractivity contribution in [2.24, 2.45) is 5.41 Å². The second kappa shape index (κ2) is 4.94. The third-order valence-electron chi connectivity index (χ3n) is 1.65. The van der Waals surface area contributed by atoms with Crippen molar-refractivity contribution in [3.05, 3.63) is 0 Å². The Morgan fingerprint density at radius 2 is 1.87 bits per heavy atom. The summed E-state index contributed by atoms with van der Waals surface area (Å²) in [6.45, 7) is 6.91. The van der Waals surface area contributed by atoms with Crippen molar-refractivity contribution in [1.82, 2.24) is 0 Å². The highest BCUT2D eigenvalue weighted by molar-refractivity contribution is 7.88. The fourth-order valence-corrected chi connectivity index (χ4v) is 2.18. The lowest BCUT2D eigenvalue weighted by molar-refractivity contribution is -0.136. The Bertz CT molecular complexity index is 312. The van der Waals surface area contributed by atoms with Crippen molar-refractivity contribution in [3.8, 4) is 0 Å². The third-order valence-corrected chi connectivity index (χ3v) is 3.33. The van der Waals surface area contributed by atoms with Gasteiger partial charge in [-0.2, -0.15) is 8.42 Å². The second-order valence-electron chi connectivity index (χ2n) is 4.55. The van der Waals surface area contributed by atoms with Crippen LogP contribution in [0.3, 0.4) is 0 Å². The molecule has 0 aliphatic rings. The number of hydrogen-bond acceptors (Lipinski definition) is 4. The van der Waals surface area contributed by atoms with Crippen LogP contribution in [0.15, 0.2) is 0 Å². The third kappa shape index (κ3) is 5.13. The minimum atomic E-state index is -4.00. The van der Waals surface area contributed by atoms with Crippen molar-refractivity contribution >= 4 is 16.1 Å². The van der Waals surface area contributed by atoms with Gasteiger partial charge < -0.3 is 5.11 Å². The minimum absolute atomic E-state index is 0.00180. The maximum atomic E-state index is 11.4. The van der Waals surface area contributed by atoms with Gasteiger partial charge in [-0.25, -0.2) is 0 Å². The zero-order valence-corrected chi connectivity index (χ0v) is 10.3. The lowest BCUT2D eigenvalue weighted by Gasteiger charge is -2.19. The lowest BCUT2D eigenvalue weighted by Crippen LogP contribution is -2.33. The number of carbonyl (C=O) groups is 1. The average molecular weight is 238 g/mol. The molecule has 0 amide bonds. The minimum Gasteiger partial charge on any atom is -0.480 e. The largest absolute Gasteiger partial charge is 0.480 e. The summed E-state index contributed by atoms with van der Waals surface area (Å²) < 4.78 is 27.6. The van der Waals surface area contributed by atoms with Crippen molar-refractivity contribution in [1.29, 1.82) is 0 Å². The van der Waals surface area contributed by atoms with E-state index in [-0.39, 0.29) is 18.4 Å². The molecule has 0 bridgehead atoms. The van der Waals surface area contributed by atoms with Gasteiger partial charge in [0.25, 0.3) is 10.1 Å². The van der Waals surface area contributed by atoms with E-state index >= 15 is 0 Å². The molecule has 0 aromatic carbocycles. The van der Waals surface area contributed by atoms with Crippen LogP contribution in [0.4, 0.5) is 0 Å². The Morgan fingerprint density at radius 3 is 2.13 bits per heavy atom. The molecule has 0 heterocycles. The zero-order valence-electron chi connectivity index (χ0n) is 9.48. The maximum absolute atomic E-state index is 11.4. The van der Waals surface area contributed by atoms with Gasteiger partial charge in [-0.1, -0.05) is 27.7 Å². The predicted octanol–water partition coefficient (Wildman–Crippen LogP) is 1.24. The molecule has 0 aliphatic heterocycles. The van der Waals surface area contributed by atoms with Gasteiger partial charge in [0.1, 0.15) is 0 Å². The first-order valence-corrected chi connectivity index (χ1v) is 6.18. The fraction of sp³-hybridized carbons (Fsp3) is 0.889. The van der Waals surface area contributed by atoms with Crippen molar-refractivity contribution < 1.29 is 22.5 Å². The summed E-state index contributed by atoms with van der Waals surface area (Å²) >= 11 is 0. The Kier molecular flexibility index (Phi) is 4.73. The number of carboxylic acids is 1. The molecule has 0 fully saturated rings. The molecule has 0 aromatic rings. The van der Waals surface area contributed by atoms with Crippen LogP contribution in [0.1, 0.15) is 34.1 Å². The first-order chi connectivity index (χ1) is 6.60. The summed E-state index contributed by atoms with van der Waals surface area (Å²) in [7, 11) is -4.00. The van der Waals surface area contributed by atoms with Crippen molar-refractivity contribution in [3.63, 3.8) is 0 Å². The quantitative estimate of drug-likeness (QED) is 0.729. The SMILES string of the molecule is CCC(C(=O)O)S(=O)(=O)OCC(C)(C)C. The van der Waals surface area contributed by atoms with Gasteiger partial charge in [0.05, 0.1) is 6.61 Å². The van der Waals surface area contributed by atoms with Crippen LogP contribution in [-0.2, 0) is 19.1 Å². The molecule has 0 rings (SSSR count). The molecule has 90 valence electrons. The first kappa shape index (κ1) is 14.4. The number of rotatable bonds is 5. The van der Waals surface area contributed by atoms with E-state index in [0.29, 0.717) is 0 Å². The molecule has 0 spiro atoms.